The van der Waals surface area contributed by atoms with Crippen molar-refractivity contribution in [3.8, 4) is 0 Å². The fourth-order valence-electron chi connectivity index (χ4n) is 4.97. The number of nitrogens with zero attached hydrogens (tertiary/aromatic N) is 1. The Hall–Kier alpha value is -2.46. The molecule has 1 aliphatic carbocycles. The second-order valence-corrected chi connectivity index (χ2v) is 9.75. The molecule has 1 saturated carbocycles. The molecule has 2 aromatic carbocycles. The van der Waals surface area contributed by atoms with Crippen molar-refractivity contribution in [1.82, 2.24) is 15.5 Å². The predicted octanol–water partition coefficient (Wildman–Crippen LogP) is 3.17. The maximum Gasteiger partial charge on any atom is 0.416 e. The van der Waals surface area contributed by atoms with Crippen molar-refractivity contribution in [3.63, 3.8) is 0 Å². The van der Waals surface area contributed by atoms with Gasteiger partial charge in [-0.25, -0.2) is 0 Å². The van der Waals surface area contributed by atoms with Crippen LogP contribution in [-0.2, 0) is 11.8 Å². The number of amides is 1. The molecule has 0 radical (unpaired) electrons. The molecule has 1 saturated heterocycles. The monoisotopic (exact) mass is 491 g/mol. The SMILES string of the molecule is Cc1ccc(C2(O)CCC(N3CC(NC(O)CNC(=O)c4cccc(C(F)(F)F)c4)C3)CC2)cc1. The van der Waals surface area contributed by atoms with Crippen LogP contribution in [-0.4, -0.2) is 59.0 Å². The molecule has 1 heterocycles. The van der Waals surface area contributed by atoms with E-state index >= 15 is 0 Å². The van der Waals surface area contributed by atoms with Crippen molar-refractivity contribution in [2.24, 2.45) is 0 Å². The van der Waals surface area contributed by atoms with E-state index in [0.717, 1.165) is 43.6 Å². The summed E-state index contributed by atoms with van der Waals surface area (Å²) < 4.78 is 38.5. The summed E-state index contributed by atoms with van der Waals surface area (Å²) >= 11 is 0. The zero-order chi connectivity index (χ0) is 25.2. The molecule has 1 atom stereocenters. The highest BCUT2D eigenvalue weighted by Gasteiger charge is 2.40. The summed E-state index contributed by atoms with van der Waals surface area (Å²) in [5.41, 5.74) is 0.367. The first-order valence-electron chi connectivity index (χ1n) is 12.0. The number of benzene rings is 2. The van der Waals surface area contributed by atoms with Crippen molar-refractivity contribution in [3.05, 3.63) is 70.8 Å². The highest BCUT2D eigenvalue weighted by Crippen LogP contribution is 2.39. The van der Waals surface area contributed by atoms with Gasteiger partial charge in [-0.3, -0.25) is 15.0 Å². The van der Waals surface area contributed by atoms with Gasteiger partial charge in [-0.2, -0.15) is 13.2 Å². The van der Waals surface area contributed by atoms with Gasteiger partial charge in [-0.15, -0.1) is 0 Å². The Morgan fingerprint density at radius 1 is 1.14 bits per heavy atom. The van der Waals surface area contributed by atoms with E-state index < -0.39 is 29.5 Å². The predicted molar refractivity (Wildman–Crippen MR) is 126 cm³/mol. The molecule has 0 aromatic heterocycles. The van der Waals surface area contributed by atoms with Gasteiger partial charge < -0.3 is 15.5 Å². The van der Waals surface area contributed by atoms with Crippen LogP contribution in [0.25, 0.3) is 0 Å². The van der Waals surface area contributed by atoms with Gasteiger partial charge in [0.05, 0.1) is 17.7 Å². The molecule has 2 aromatic rings. The van der Waals surface area contributed by atoms with Crippen LogP contribution < -0.4 is 10.6 Å². The van der Waals surface area contributed by atoms with E-state index in [1.165, 1.54) is 17.7 Å². The number of rotatable bonds is 7. The summed E-state index contributed by atoms with van der Waals surface area (Å²) in [7, 11) is 0. The number of likely N-dealkylation sites (tertiary alicyclic amines) is 1. The minimum atomic E-state index is -4.52. The lowest BCUT2D eigenvalue weighted by atomic mass is 9.76. The summed E-state index contributed by atoms with van der Waals surface area (Å²) in [4.78, 5) is 14.5. The number of hydrogen-bond donors (Lipinski definition) is 4. The third-order valence-corrected chi connectivity index (χ3v) is 7.13. The topological polar surface area (TPSA) is 84.8 Å². The minimum absolute atomic E-state index is 0.0633. The lowest BCUT2D eigenvalue weighted by Crippen LogP contribution is -2.64. The average Bonchev–Trinajstić information content (AvgIpc) is 2.80. The van der Waals surface area contributed by atoms with Crippen LogP contribution in [0.3, 0.4) is 0 Å². The van der Waals surface area contributed by atoms with E-state index in [1.807, 2.05) is 31.2 Å². The molecule has 1 amide bonds. The largest absolute Gasteiger partial charge is 0.416 e. The number of alkyl halides is 3. The molecule has 4 rings (SSSR count). The molecule has 2 fully saturated rings. The van der Waals surface area contributed by atoms with Crippen LogP contribution in [0.1, 0.15) is 52.7 Å². The second kappa shape index (κ2) is 10.3. The molecule has 0 spiro atoms. The number of hydrogen-bond acceptors (Lipinski definition) is 5. The standard InChI is InChI=1S/C26H32F3N3O3/c1-17-5-7-19(8-6-17)25(35)11-9-22(10-12-25)32-15-21(16-32)31-23(33)14-30-24(34)18-3-2-4-20(13-18)26(27,28)29/h2-8,13,21-23,31,33,35H,9-12,14-16H2,1H3,(H,30,34). The Kier molecular flexibility index (Phi) is 7.51. The van der Waals surface area contributed by atoms with Crippen molar-refractivity contribution < 1.29 is 28.2 Å². The first-order chi connectivity index (χ1) is 16.5. The Morgan fingerprint density at radius 2 is 1.80 bits per heavy atom. The summed E-state index contributed by atoms with van der Waals surface area (Å²) in [5.74, 6) is -0.671. The molecule has 2 aliphatic rings. The van der Waals surface area contributed by atoms with E-state index in [9.17, 15) is 28.2 Å². The maximum absolute atomic E-state index is 12.8. The van der Waals surface area contributed by atoms with Crippen LogP contribution in [0.4, 0.5) is 13.2 Å². The van der Waals surface area contributed by atoms with Gasteiger partial charge in [0, 0.05) is 30.7 Å². The van der Waals surface area contributed by atoms with Gasteiger partial charge in [-0.05, 0) is 56.4 Å². The fourth-order valence-corrected chi connectivity index (χ4v) is 4.97. The number of carbonyl (C=O) groups excluding carboxylic acids is 1. The van der Waals surface area contributed by atoms with E-state index in [2.05, 4.69) is 15.5 Å². The number of halogens is 3. The Bertz CT molecular complexity index is 1010. The number of aryl methyl sites for hydroxylation is 1. The molecule has 1 aliphatic heterocycles. The zero-order valence-electron chi connectivity index (χ0n) is 19.7. The molecular formula is C26H32F3N3O3. The van der Waals surface area contributed by atoms with Crippen molar-refractivity contribution in [1.29, 1.82) is 0 Å². The number of aliphatic hydroxyl groups is 2. The van der Waals surface area contributed by atoms with Crippen LogP contribution in [0.15, 0.2) is 48.5 Å². The van der Waals surface area contributed by atoms with E-state index in [0.29, 0.717) is 18.9 Å². The molecular weight excluding hydrogens is 459 g/mol. The smallest absolute Gasteiger partial charge is 0.385 e. The first-order valence-corrected chi connectivity index (χ1v) is 12.0. The van der Waals surface area contributed by atoms with Crippen LogP contribution in [0.5, 0.6) is 0 Å². The summed E-state index contributed by atoms with van der Waals surface area (Å²) in [5, 5.41) is 26.8. The van der Waals surface area contributed by atoms with E-state index in [1.54, 1.807) is 0 Å². The molecule has 4 N–H and O–H groups in total. The molecule has 9 heteroatoms. The number of nitrogens with one attached hydrogen (secondary N) is 2. The molecule has 1 unspecified atom stereocenters. The first kappa shape index (κ1) is 25.6. The van der Waals surface area contributed by atoms with Crippen LogP contribution in [0.2, 0.25) is 0 Å². The Balaban J connectivity index is 1.17. The van der Waals surface area contributed by atoms with Gasteiger partial charge >= 0.3 is 6.18 Å². The second-order valence-electron chi connectivity index (χ2n) is 9.75. The number of aliphatic hydroxyl groups excluding tert-OH is 1. The highest BCUT2D eigenvalue weighted by molar-refractivity contribution is 5.94. The van der Waals surface area contributed by atoms with Crippen molar-refractivity contribution >= 4 is 5.91 Å². The lowest BCUT2D eigenvalue weighted by Gasteiger charge is -2.48. The van der Waals surface area contributed by atoms with Crippen LogP contribution in [0, 0.1) is 6.92 Å². The van der Waals surface area contributed by atoms with Crippen molar-refractivity contribution in [2.45, 2.75) is 62.7 Å². The highest BCUT2D eigenvalue weighted by atomic mass is 19.4. The van der Waals surface area contributed by atoms with Crippen LogP contribution >= 0.6 is 0 Å². The van der Waals surface area contributed by atoms with E-state index in [4.69, 9.17) is 0 Å². The summed E-state index contributed by atoms with van der Waals surface area (Å²) in [6.07, 6.45) is -2.32. The Morgan fingerprint density at radius 3 is 2.43 bits per heavy atom. The summed E-state index contributed by atoms with van der Waals surface area (Å²) in [6.45, 7) is 3.43. The zero-order valence-corrected chi connectivity index (χ0v) is 19.7. The van der Waals surface area contributed by atoms with Gasteiger partial charge in [0.25, 0.3) is 5.91 Å². The molecule has 6 nitrogen and oxygen atoms in total. The van der Waals surface area contributed by atoms with Gasteiger partial charge in [-0.1, -0.05) is 35.9 Å². The normalized spacial score (nSPS) is 24.6. The van der Waals surface area contributed by atoms with E-state index in [-0.39, 0.29) is 18.2 Å². The molecule has 35 heavy (non-hydrogen) atoms. The third kappa shape index (κ3) is 6.22. The third-order valence-electron chi connectivity index (χ3n) is 7.13. The number of carbonyl (C=O) groups is 1. The Labute approximate surface area is 203 Å². The van der Waals surface area contributed by atoms with Crippen molar-refractivity contribution in [2.75, 3.05) is 19.6 Å². The lowest BCUT2D eigenvalue weighted by molar-refractivity contribution is -0.137. The van der Waals surface area contributed by atoms with Gasteiger partial charge in [0.2, 0.25) is 0 Å². The minimum Gasteiger partial charge on any atom is -0.385 e. The maximum atomic E-state index is 12.8. The quantitative estimate of drug-likeness (QED) is 0.447. The summed E-state index contributed by atoms with van der Waals surface area (Å²) in [6, 6.07) is 12.7. The average molecular weight is 492 g/mol. The molecule has 190 valence electrons. The fraction of sp³-hybridized carbons (Fsp3) is 0.500. The van der Waals surface area contributed by atoms with Gasteiger partial charge in [0.1, 0.15) is 6.23 Å². The van der Waals surface area contributed by atoms with Gasteiger partial charge in [0.15, 0.2) is 0 Å². The molecule has 0 bridgehead atoms.